The van der Waals surface area contributed by atoms with Crippen molar-refractivity contribution in [1.82, 2.24) is 14.7 Å². The molecule has 2 rings (SSSR count). The molecule has 0 aromatic carbocycles. The predicted molar refractivity (Wildman–Crippen MR) is 74.6 cm³/mol. The fraction of sp³-hybridized carbons (Fsp3) is 0.750. The molecular weight excluding hydrogens is 264 g/mol. The zero-order chi connectivity index (χ0) is 13.9. The van der Waals surface area contributed by atoms with E-state index < -0.39 is 11.7 Å². The molecule has 1 heterocycles. The number of carbonyl (C=O) groups excluding carboxylic acids is 1. The van der Waals surface area contributed by atoms with Crippen molar-refractivity contribution in [3.05, 3.63) is 5.82 Å². The second-order valence-corrected chi connectivity index (χ2v) is 6.34. The highest BCUT2D eigenvalue weighted by Crippen LogP contribution is 2.39. The number of ether oxygens (including phenoxy) is 1. The third kappa shape index (κ3) is 5.02. The maximum Gasteiger partial charge on any atom is 0.407 e. The van der Waals surface area contributed by atoms with Crippen LogP contribution in [-0.4, -0.2) is 34.1 Å². The largest absolute Gasteiger partial charge is 0.444 e. The molecule has 6 nitrogen and oxygen atoms in total. The van der Waals surface area contributed by atoms with Crippen LogP contribution in [0.3, 0.4) is 0 Å². The van der Waals surface area contributed by atoms with Crippen molar-refractivity contribution < 1.29 is 9.53 Å². The van der Waals surface area contributed by atoms with E-state index in [4.69, 9.17) is 4.74 Å². The van der Waals surface area contributed by atoms with Crippen LogP contribution >= 0.6 is 11.5 Å². The molecule has 1 fully saturated rings. The van der Waals surface area contributed by atoms with Crippen molar-refractivity contribution in [3.8, 4) is 0 Å². The van der Waals surface area contributed by atoms with Gasteiger partial charge in [0.1, 0.15) is 11.4 Å². The van der Waals surface area contributed by atoms with Crippen LogP contribution in [0.1, 0.15) is 45.4 Å². The van der Waals surface area contributed by atoms with Crippen LogP contribution in [0.15, 0.2) is 0 Å². The highest BCUT2D eigenvalue weighted by atomic mass is 32.1. The zero-order valence-electron chi connectivity index (χ0n) is 11.5. The molecule has 1 aliphatic carbocycles. The first-order valence-corrected chi connectivity index (χ1v) is 7.26. The number of alkyl carbamates (subject to hydrolysis) is 1. The topological polar surface area (TPSA) is 76.1 Å². The normalized spacial score (nSPS) is 15.1. The number of nitrogens with zero attached hydrogens (tertiary/aromatic N) is 2. The minimum atomic E-state index is -0.462. The molecule has 0 aliphatic heterocycles. The smallest absolute Gasteiger partial charge is 0.407 e. The Balaban J connectivity index is 1.62. The average Bonchev–Trinajstić information content (AvgIpc) is 3.03. The summed E-state index contributed by atoms with van der Waals surface area (Å²) in [6.45, 7) is 6.62. The number of amides is 1. The zero-order valence-corrected chi connectivity index (χ0v) is 12.3. The molecule has 0 bridgehead atoms. The molecule has 1 saturated carbocycles. The second kappa shape index (κ2) is 5.73. The lowest BCUT2D eigenvalue weighted by Gasteiger charge is -2.19. The van der Waals surface area contributed by atoms with Gasteiger partial charge in [-0.25, -0.2) is 9.78 Å². The Labute approximate surface area is 117 Å². The molecule has 19 heavy (non-hydrogen) atoms. The summed E-state index contributed by atoms with van der Waals surface area (Å²) in [4.78, 5) is 15.8. The Kier molecular flexibility index (Phi) is 4.24. The van der Waals surface area contributed by atoms with Crippen LogP contribution in [0.5, 0.6) is 0 Å². The van der Waals surface area contributed by atoms with E-state index in [-0.39, 0.29) is 0 Å². The van der Waals surface area contributed by atoms with Gasteiger partial charge in [0, 0.05) is 30.5 Å². The Morgan fingerprint density at radius 3 is 2.79 bits per heavy atom. The van der Waals surface area contributed by atoms with Gasteiger partial charge in [0.05, 0.1) is 0 Å². The maximum atomic E-state index is 11.4. The monoisotopic (exact) mass is 284 g/mol. The fourth-order valence-electron chi connectivity index (χ4n) is 1.46. The summed E-state index contributed by atoms with van der Waals surface area (Å²) in [5.41, 5.74) is -0.462. The van der Waals surface area contributed by atoms with Crippen LogP contribution < -0.4 is 10.6 Å². The van der Waals surface area contributed by atoms with Crippen molar-refractivity contribution in [1.29, 1.82) is 0 Å². The van der Waals surface area contributed by atoms with Crippen molar-refractivity contribution >= 4 is 22.8 Å². The first kappa shape index (κ1) is 14.0. The van der Waals surface area contributed by atoms with Gasteiger partial charge >= 0.3 is 6.09 Å². The van der Waals surface area contributed by atoms with E-state index in [1.54, 1.807) is 0 Å². The minimum absolute atomic E-state index is 0.398. The predicted octanol–water partition coefficient (Wildman–Crippen LogP) is 2.35. The fourth-order valence-corrected chi connectivity index (χ4v) is 2.13. The molecule has 7 heteroatoms. The summed E-state index contributed by atoms with van der Waals surface area (Å²) >= 11 is 1.37. The van der Waals surface area contributed by atoms with E-state index in [1.807, 2.05) is 20.8 Å². The van der Waals surface area contributed by atoms with Crippen molar-refractivity contribution in [2.45, 2.75) is 45.1 Å². The Bertz CT molecular complexity index is 437. The maximum absolute atomic E-state index is 11.4. The molecule has 0 unspecified atom stereocenters. The molecule has 1 aliphatic rings. The lowest BCUT2D eigenvalue weighted by Crippen LogP contribution is -2.34. The number of anilines is 1. The van der Waals surface area contributed by atoms with E-state index in [0.717, 1.165) is 11.0 Å². The first-order chi connectivity index (χ1) is 8.94. The summed E-state index contributed by atoms with van der Waals surface area (Å²) in [6.07, 6.45) is 2.01. The van der Waals surface area contributed by atoms with Crippen LogP contribution in [-0.2, 0) is 4.74 Å². The number of hydrogen-bond donors (Lipinski definition) is 2. The first-order valence-electron chi connectivity index (χ1n) is 6.48. The number of aromatic nitrogens is 2. The van der Waals surface area contributed by atoms with Gasteiger partial charge < -0.3 is 15.4 Å². The molecule has 1 amide bonds. The number of hydrogen-bond acceptors (Lipinski definition) is 6. The van der Waals surface area contributed by atoms with E-state index in [0.29, 0.717) is 19.0 Å². The van der Waals surface area contributed by atoms with Gasteiger partial charge in [-0.1, -0.05) is 0 Å². The summed E-state index contributed by atoms with van der Waals surface area (Å²) in [5.74, 6) is 1.53. The summed E-state index contributed by atoms with van der Waals surface area (Å²) in [5, 5.41) is 6.64. The van der Waals surface area contributed by atoms with Crippen molar-refractivity contribution in [3.63, 3.8) is 0 Å². The van der Waals surface area contributed by atoms with Gasteiger partial charge in [-0.3, -0.25) is 0 Å². The molecule has 0 spiro atoms. The molecule has 1 aromatic heterocycles. The number of nitrogens with one attached hydrogen (secondary N) is 2. The van der Waals surface area contributed by atoms with Gasteiger partial charge in [-0.05, 0) is 33.6 Å². The molecule has 2 N–H and O–H groups in total. The third-order valence-electron chi connectivity index (χ3n) is 2.45. The van der Waals surface area contributed by atoms with Gasteiger partial charge in [0.25, 0.3) is 0 Å². The highest BCUT2D eigenvalue weighted by Gasteiger charge is 2.27. The molecular formula is C12H20N4O2S. The van der Waals surface area contributed by atoms with Gasteiger partial charge in [-0.2, -0.15) is 4.37 Å². The molecule has 0 radical (unpaired) electrons. The van der Waals surface area contributed by atoms with Crippen LogP contribution in [0.4, 0.5) is 9.93 Å². The summed E-state index contributed by atoms with van der Waals surface area (Å²) in [7, 11) is 0. The third-order valence-corrected chi connectivity index (χ3v) is 3.14. The Morgan fingerprint density at radius 1 is 1.42 bits per heavy atom. The number of rotatable bonds is 5. The van der Waals surface area contributed by atoms with Gasteiger partial charge in [0.15, 0.2) is 0 Å². The van der Waals surface area contributed by atoms with Gasteiger partial charge in [-0.15, -0.1) is 0 Å². The molecule has 0 atom stereocenters. The Hall–Kier alpha value is -1.37. The molecule has 1 aromatic rings. The van der Waals surface area contributed by atoms with Crippen molar-refractivity contribution in [2.75, 3.05) is 18.4 Å². The quantitative estimate of drug-likeness (QED) is 0.812. The average molecular weight is 284 g/mol. The summed E-state index contributed by atoms with van der Waals surface area (Å²) < 4.78 is 9.43. The van der Waals surface area contributed by atoms with E-state index >= 15 is 0 Å². The lowest BCUT2D eigenvalue weighted by atomic mass is 10.2. The van der Waals surface area contributed by atoms with E-state index in [1.165, 1.54) is 24.4 Å². The standard InChI is InChI=1S/C12H20N4O2S/c1-12(2,3)18-11(17)14-7-6-13-10-15-9(16-19-10)8-4-5-8/h8H,4-7H2,1-3H3,(H,14,17)(H,13,15,16). The molecule has 106 valence electrons. The van der Waals surface area contributed by atoms with Gasteiger partial charge in [0.2, 0.25) is 5.13 Å². The van der Waals surface area contributed by atoms with Crippen molar-refractivity contribution in [2.24, 2.45) is 0 Å². The number of carbonyl (C=O) groups is 1. The summed E-state index contributed by atoms with van der Waals surface area (Å²) in [6, 6.07) is 0. The van der Waals surface area contributed by atoms with Crippen LogP contribution in [0.25, 0.3) is 0 Å². The van der Waals surface area contributed by atoms with Crippen LogP contribution in [0.2, 0.25) is 0 Å². The van der Waals surface area contributed by atoms with Crippen LogP contribution in [0, 0.1) is 0 Å². The minimum Gasteiger partial charge on any atom is -0.444 e. The molecule has 0 saturated heterocycles. The highest BCUT2D eigenvalue weighted by molar-refractivity contribution is 7.09. The lowest BCUT2D eigenvalue weighted by molar-refractivity contribution is 0.0530. The van der Waals surface area contributed by atoms with E-state index in [2.05, 4.69) is 20.0 Å². The second-order valence-electron chi connectivity index (χ2n) is 5.59. The Morgan fingerprint density at radius 2 is 2.16 bits per heavy atom. The SMILES string of the molecule is CC(C)(C)OC(=O)NCCNc1nc(C2CC2)ns1. The van der Waals surface area contributed by atoms with E-state index in [9.17, 15) is 4.79 Å².